The minimum Gasteiger partial charge on any atom is -0.383 e. The first-order valence-corrected chi connectivity index (χ1v) is 5.93. The molecule has 1 aliphatic rings. The van der Waals surface area contributed by atoms with E-state index in [9.17, 15) is 4.79 Å². The average molecular weight is 229 g/mol. The summed E-state index contributed by atoms with van der Waals surface area (Å²) in [6.45, 7) is 7.65. The van der Waals surface area contributed by atoms with Gasteiger partial charge in [-0.05, 0) is 13.8 Å². The molecule has 2 atom stereocenters. The van der Waals surface area contributed by atoms with Gasteiger partial charge in [-0.15, -0.1) is 0 Å². The molecular weight excluding hydrogens is 206 g/mol. The molecule has 5 nitrogen and oxygen atoms in total. The summed E-state index contributed by atoms with van der Waals surface area (Å²) in [4.78, 5) is 13.9. The third-order valence-electron chi connectivity index (χ3n) is 2.90. The molecule has 0 saturated carbocycles. The second-order valence-electron chi connectivity index (χ2n) is 4.18. The van der Waals surface area contributed by atoms with Crippen molar-refractivity contribution < 1.29 is 9.53 Å². The lowest BCUT2D eigenvalue weighted by Crippen LogP contribution is -2.59. The predicted octanol–water partition coefficient (Wildman–Crippen LogP) is -0.569. The minimum atomic E-state index is -0.0898. The lowest BCUT2D eigenvalue weighted by Gasteiger charge is -2.32. The number of hydrogen-bond acceptors (Lipinski definition) is 4. The van der Waals surface area contributed by atoms with E-state index < -0.39 is 0 Å². The van der Waals surface area contributed by atoms with Crippen molar-refractivity contribution in [2.45, 2.75) is 25.9 Å². The molecule has 0 aromatic heterocycles. The molecule has 94 valence electrons. The van der Waals surface area contributed by atoms with Crippen molar-refractivity contribution in [3.8, 4) is 0 Å². The van der Waals surface area contributed by atoms with E-state index in [1.54, 1.807) is 7.11 Å². The van der Waals surface area contributed by atoms with Crippen LogP contribution in [0.2, 0.25) is 0 Å². The zero-order chi connectivity index (χ0) is 12.0. The Balaban J connectivity index is 2.41. The van der Waals surface area contributed by atoms with Crippen molar-refractivity contribution in [2.75, 3.05) is 39.9 Å². The van der Waals surface area contributed by atoms with Crippen LogP contribution in [0.5, 0.6) is 0 Å². The molecule has 2 N–H and O–H groups in total. The lowest BCUT2D eigenvalue weighted by atomic mass is 10.1. The highest BCUT2D eigenvalue weighted by molar-refractivity contribution is 5.82. The Morgan fingerprint density at radius 3 is 2.69 bits per heavy atom. The van der Waals surface area contributed by atoms with Crippen LogP contribution in [0, 0.1) is 0 Å². The maximum absolute atomic E-state index is 12.1. The fourth-order valence-electron chi connectivity index (χ4n) is 1.80. The van der Waals surface area contributed by atoms with E-state index in [2.05, 4.69) is 17.6 Å². The maximum atomic E-state index is 12.1. The van der Waals surface area contributed by atoms with Gasteiger partial charge in [-0.25, -0.2) is 0 Å². The topological polar surface area (TPSA) is 53.6 Å². The molecule has 16 heavy (non-hydrogen) atoms. The average Bonchev–Trinajstić information content (AvgIpc) is 2.30. The Hall–Kier alpha value is -0.650. The molecule has 2 unspecified atom stereocenters. The monoisotopic (exact) mass is 229 g/mol. The van der Waals surface area contributed by atoms with E-state index in [0.29, 0.717) is 25.7 Å². The van der Waals surface area contributed by atoms with Crippen molar-refractivity contribution in [2.24, 2.45) is 0 Å². The summed E-state index contributed by atoms with van der Waals surface area (Å²) >= 11 is 0. The van der Waals surface area contributed by atoms with Crippen molar-refractivity contribution >= 4 is 5.91 Å². The van der Waals surface area contributed by atoms with Crippen LogP contribution in [0.1, 0.15) is 13.8 Å². The number of carbonyl (C=O) groups excluding carboxylic acids is 1. The standard InChI is InChI=1S/C11H23N3O2/c1-4-14(5-6-16-3)11(15)10-8-12-9(2)7-13-10/h9-10,12-13H,4-8H2,1-3H3. The van der Waals surface area contributed by atoms with Crippen LogP contribution in [0.4, 0.5) is 0 Å². The van der Waals surface area contributed by atoms with Gasteiger partial charge in [0.1, 0.15) is 0 Å². The number of carbonyl (C=O) groups is 1. The number of amides is 1. The van der Waals surface area contributed by atoms with Gasteiger partial charge in [0.2, 0.25) is 5.91 Å². The van der Waals surface area contributed by atoms with E-state index in [-0.39, 0.29) is 11.9 Å². The molecule has 1 heterocycles. The highest BCUT2D eigenvalue weighted by atomic mass is 16.5. The molecule has 1 amide bonds. The summed E-state index contributed by atoms with van der Waals surface area (Å²) in [5, 5.41) is 6.57. The summed E-state index contributed by atoms with van der Waals surface area (Å²) in [7, 11) is 1.65. The highest BCUT2D eigenvalue weighted by Crippen LogP contribution is 1.99. The van der Waals surface area contributed by atoms with Crippen LogP contribution in [-0.4, -0.2) is 62.8 Å². The second-order valence-corrected chi connectivity index (χ2v) is 4.18. The largest absolute Gasteiger partial charge is 0.383 e. The molecule has 0 aromatic rings. The Morgan fingerprint density at radius 2 is 2.19 bits per heavy atom. The Bertz CT molecular complexity index is 209. The van der Waals surface area contributed by atoms with Crippen LogP contribution < -0.4 is 10.6 Å². The number of methoxy groups -OCH3 is 1. The first kappa shape index (κ1) is 13.4. The summed E-state index contributed by atoms with van der Waals surface area (Å²) in [5.74, 6) is 0.166. The van der Waals surface area contributed by atoms with Gasteiger partial charge in [0, 0.05) is 39.3 Å². The van der Waals surface area contributed by atoms with Gasteiger partial charge < -0.3 is 20.3 Å². The van der Waals surface area contributed by atoms with Crippen molar-refractivity contribution in [3.05, 3.63) is 0 Å². The SMILES string of the molecule is CCN(CCOC)C(=O)C1CNC(C)CN1. The second kappa shape index (κ2) is 6.83. The van der Waals surface area contributed by atoms with Gasteiger partial charge in [-0.2, -0.15) is 0 Å². The van der Waals surface area contributed by atoms with E-state index in [0.717, 1.165) is 13.1 Å². The summed E-state index contributed by atoms with van der Waals surface area (Å²) in [6, 6.07) is 0.353. The number of hydrogen-bond donors (Lipinski definition) is 2. The number of rotatable bonds is 5. The fraction of sp³-hybridized carbons (Fsp3) is 0.909. The molecule has 1 aliphatic heterocycles. The lowest BCUT2D eigenvalue weighted by molar-refractivity contribution is -0.134. The van der Waals surface area contributed by atoms with Crippen LogP contribution in [0.15, 0.2) is 0 Å². The summed E-state index contributed by atoms with van der Waals surface area (Å²) in [6.07, 6.45) is 0. The number of piperazine rings is 1. The Labute approximate surface area is 97.5 Å². The van der Waals surface area contributed by atoms with Gasteiger partial charge in [0.15, 0.2) is 0 Å². The third-order valence-corrected chi connectivity index (χ3v) is 2.90. The molecule has 1 fully saturated rings. The van der Waals surface area contributed by atoms with Crippen LogP contribution in [0.3, 0.4) is 0 Å². The van der Waals surface area contributed by atoms with E-state index in [1.165, 1.54) is 0 Å². The van der Waals surface area contributed by atoms with E-state index in [4.69, 9.17) is 4.74 Å². The Kier molecular flexibility index (Phi) is 5.73. The normalized spacial score (nSPS) is 25.4. The quantitative estimate of drug-likeness (QED) is 0.663. The molecular formula is C11H23N3O2. The number of likely N-dealkylation sites (N-methyl/N-ethyl adjacent to an activating group) is 1. The van der Waals surface area contributed by atoms with Crippen LogP contribution >= 0.6 is 0 Å². The Morgan fingerprint density at radius 1 is 1.44 bits per heavy atom. The third kappa shape index (κ3) is 3.73. The van der Waals surface area contributed by atoms with Crippen LogP contribution in [0.25, 0.3) is 0 Å². The molecule has 5 heteroatoms. The maximum Gasteiger partial charge on any atom is 0.241 e. The van der Waals surface area contributed by atoms with Gasteiger partial charge in [-0.3, -0.25) is 4.79 Å². The minimum absolute atomic E-state index is 0.0898. The van der Waals surface area contributed by atoms with Gasteiger partial charge in [0.05, 0.1) is 12.6 Å². The first-order chi connectivity index (χ1) is 7.69. The molecule has 0 aromatic carbocycles. The molecule has 0 bridgehead atoms. The van der Waals surface area contributed by atoms with E-state index in [1.807, 2.05) is 11.8 Å². The fourth-order valence-corrected chi connectivity index (χ4v) is 1.80. The van der Waals surface area contributed by atoms with Crippen molar-refractivity contribution in [3.63, 3.8) is 0 Å². The van der Waals surface area contributed by atoms with Gasteiger partial charge in [0.25, 0.3) is 0 Å². The van der Waals surface area contributed by atoms with Gasteiger partial charge >= 0.3 is 0 Å². The predicted molar refractivity (Wildman–Crippen MR) is 63.4 cm³/mol. The molecule has 0 aliphatic carbocycles. The summed E-state index contributed by atoms with van der Waals surface area (Å²) < 4.78 is 5.00. The zero-order valence-electron chi connectivity index (χ0n) is 10.5. The number of nitrogens with zero attached hydrogens (tertiary/aromatic N) is 1. The zero-order valence-corrected chi connectivity index (χ0v) is 10.5. The molecule has 0 spiro atoms. The van der Waals surface area contributed by atoms with Crippen molar-refractivity contribution in [1.82, 2.24) is 15.5 Å². The summed E-state index contributed by atoms with van der Waals surface area (Å²) in [5.41, 5.74) is 0. The number of nitrogens with one attached hydrogen (secondary N) is 2. The van der Waals surface area contributed by atoms with Crippen LogP contribution in [-0.2, 0) is 9.53 Å². The van der Waals surface area contributed by atoms with Gasteiger partial charge in [-0.1, -0.05) is 0 Å². The molecule has 1 saturated heterocycles. The highest BCUT2D eigenvalue weighted by Gasteiger charge is 2.26. The first-order valence-electron chi connectivity index (χ1n) is 5.93. The van der Waals surface area contributed by atoms with Crippen molar-refractivity contribution in [1.29, 1.82) is 0 Å². The molecule has 1 rings (SSSR count). The number of ether oxygens (including phenoxy) is 1. The smallest absolute Gasteiger partial charge is 0.241 e. The molecule has 0 radical (unpaired) electrons. The van der Waals surface area contributed by atoms with E-state index >= 15 is 0 Å².